The molecular weight excluding hydrogens is 355 g/mol. The van der Waals surface area contributed by atoms with E-state index in [-0.39, 0.29) is 5.91 Å². The molecule has 2 heterocycles. The molecule has 7 heteroatoms. The summed E-state index contributed by atoms with van der Waals surface area (Å²) in [5.74, 6) is -0.129. The van der Waals surface area contributed by atoms with Crippen LogP contribution in [0.25, 0.3) is 6.08 Å². The maximum Gasteiger partial charge on any atom is 0.416 e. The number of halogens is 3. The molecule has 0 N–H and O–H groups in total. The molecule has 1 aliphatic heterocycles. The van der Waals surface area contributed by atoms with Crippen LogP contribution >= 0.6 is 0 Å². The van der Waals surface area contributed by atoms with Crippen LogP contribution in [0.1, 0.15) is 16.7 Å². The quantitative estimate of drug-likeness (QED) is 0.768. The topological polar surface area (TPSA) is 36.4 Å². The number of pyridine rings is 1. The van der Waals surface area contributed by atoms with E-state index in [1.54, 1.807) is 17.2 Å². The molecule has 1 saturated heterocycles. The number of hydrogen-bond acceptors (Lipinski definition) is 3. The van der Waals surface area contributed by atoms with Crippen LogP contribution in [0.3, 0.4) is 0 Å². The van der Waals surface area contributed by atoms with Crippen molar-refractivity contribution in [3.8, 4) is 0 Å². The van der Waals surface area contributed by atoms with Gasteiger partial charge in [0.15, 0.2) is 0 Å². The summed E-state index contributed by atoms with van der Waals surface area (Å²) >= 11 is 0. The monoisotopic (exact) mass is 375 g/mol. The van der Waals surface area contributed by atoms with E-state index in [1.807, 2.05) is 18.3 Å². The van der Waals surface area contributed by atoms with Crippen LogP contribution in [-0.2, 0) is 17.5 Å². The van der Waals surface area contributed by atoms with Crippen molar-refractivity contribution in [3.63, 3.8) is 0 Å². The molecule has 0 bridgehead atoms. The minimum Gasteiger partial charge on any atom is -0.337 e. The summed E-state index contributed by atoms with van der Waals surface area (Å²) < 4.78 is 37.7. The van der Waals surface area contributed by atoms with Gasteiger partial charge in [0.1, 0.15) is 0 Å². The van der Waals surface area contributed by atoms with Crippen molar-refractivity contribution in [1.29, 1.82) is 0 Å². The number of amides is 1. The van der Waals surface area contributed by atoms with Crippen LogP contribution in [0.2, 0.25) is 0 Å². The number of benzene rings is 1. The fourth-order valence-electron chi connectivity index (χ4n) is 2.93. The minimum atomic E-state index is -4.35. The van der Waals surface area contributed by atoms with Crippen LogP contribution in [0.4, 0.5) is 13.2 Å². The molecule has 1 aliphatic rings. The summed E-state index contributed by atoms with van der Waals surface area (Å²) in [5.41, 5.74) is 1.00. The number of carbonyl (C=O) groups is 1. The number of alkyl halides is 3. The van der Waals surface area contributed by atoms with Gasteiger partial charge in [-0.2, -0.15) is 13.2 Å². The number of piperazine rings is 1. The maximum atomic E-state index is 12.6. The smallest absolute Gasteiger partial charge is 0.337 e. The number of hydrogen-bond donors (Lipinski definition) is 0. The third kappa shape index (κ3) is 5.40. The lowest BCUT2D eigenvalue weighted by atomic mass is 10.1. The van der Waals surface area contributed by atoms with Crippen molar-refractivity contribution < 1.29 is 18.0 Å². The minimum absolute atomic E-state index is 0.129. The number of rotatable bonds is 4. The van der Waals surface area contributed by atoms with Crippen molar-refractivity contribution in [1.82, 2.24) is 14.8 Å². The largest absolute Gasteiger partial charge is 0.416 e. The van der Waals surface area contributed by atoms with Gasteiger partial charge in [-0.15, -0.1) is 0 Å². The van der Waals surface area contributed by atoms with Gasteiger partial charge in [0.2, 0.25) is 5.91 Å². The normalized spacial score (nSPS) is 16.0. The molecule has 0 atom stereocenters. The van der Waals surface area contributed by atoms with Crippen LogP contribution in [0.15, 0.2) is 54.9 Å². The third-order valence-corrected chi connectivity index (χ3v) is 4.47. The lowest BCUT2D eigenvalue weighted by molar-refractivity contribution is -0.137. The average molecular weight is 375 g/mol. The fourth-order valence-corrected chi connectivity index (χ4v) is 2.93. The first kappa shape index (κ1) is 19.1. The lowest BCUT2D eigenvalue weighted by Gasteiger charge is -2.34. The molecule has 1 aromatic heterocycles. The van der Waals surface area contributed by atoms with Crippen LogP contribution in [-0.4, -0.2) is 46.9 Å². The van der Waals surface area contributed by atoms with E-state index < -0.39 is 11.7 Å². The zero-order chi connectivity index (χ0) is 19.3. The summed E-state index contributed by atoms with van der Waals surface area (Å²) in [4.78, 5) is 20.4. The van der Waals surface area contributed by atoms with Gasteiger partial charge in [-0.1, -0.05) is 18.2 Å². The summed E-state index contributed by atoms with van der Waals surface area (Å²) in [5, 5.41) is 0. The van der Waals surface area contributed by atoms with E-state index in [2.05, 4.69) is 9.88 Å². The first-order valence-corrected chi connectivity index (χ1v) is 8.67. The molecule has 0 aliphatic carbocycles. The van der Waals surface area contributed by atoms with Crippen molar-refractivity contribution in [2.75, 3.05) is 26.2 Å². The second kappa shape index (κ2) is 8.35. The predicted octanol–water partition coefficient (Wildman–Crippen LogP) is 3.46. The molecule has 142 valence electrons. The zero-order valence-electron chi connectivity index (χ0n) is 14.7. The lowest BCUT2D eigenvalue weighted by Crippen LogP contribution is -2.47. The summed E-state index contributed by atoms with van der Waals surface area (Å²) in [6.07, 6.45) is 2.19. The highest BCUT2D eigenvalue weighted by Gasteiger charge is 2.29. The fraction of sp³-hybridized carbons (Fsp3) is 0.300. The van der Waals surface area contributed by atoms with Gasteiger partial charge in [0.25, 0.3) is 0 Å². The van der Waals surface area contributed by atoms with Crippen LogP contribution in [0, 0.1) is 0 Å². The molecule has 0 radical (unpaired) electrons. The Balaban J connectivity index is 1.50. The second-order valence-corrected chi connectivity index (χ2v) is 6.42. The van der Waals surface area contributed by atoms with E-state index in [0.29, 0.717) is 18.7 Å². The van der Waals surface area contributed by atoms with Crippen molar-refractivity contribution in [2.24, 2.45) is 0 Å². The van der Waals surface area contributed by atoms with E-state index >= 15 is 0 Å². The Hall–Kier alpha value is -2.67. The van der Waals surface area contributed by atoms with Gasteiger partial charge < -0.3 is 4.90 Å². The Labute approximate surface area is 155 Å². The molecule has 27 heavy (non-hydrogen) atoms. The molecule has 1 aromatic carbocycles. The maximum absolute atomic E-state index is 12.6. The summed E-state index contributed by atoms with van der Waals surface area (Å²) in [6.45, 7) is 3.59. The Bertz CT molecular complexity index is 780. The molecule has 0 saturated carbocycles. The van der Waals surface area contributed by atoms with E-state index in [4.69, 9.17) is 0 Å². The van der Waals surface area contributed by atoms with Crippen LogP contribution in [0.5, 0.6) is 0 Å². The van der Waals surface area contributed by atoms with Gasteiger partial charge in [-0.25, -0.2) is 0 Å². The molecule has 1 amide bonds. The Morgan fingerprint density at radius 2 is 1.78 bits per heavy atom. The molecule has 0 unspecified atom stereocenters. The zero-order valence-corrected chi connectivity index (χ0v) is 14.7. The second-order valence-electron chi connectivity index (χ2n) is 6.42. The first-order valence-electron chi connectivity index (χ1n) is 8.67. The summed E-state index contributed by atoms with van der Waals surface area (Å²) in [7, 11) is 0. The first-order chi connectivity index (χ1) is 12.9. The van der Waals surface area contributed by atoms with Gasteiger partial charge in [-0.05, 0) is 35.4 Å². The van der Waals surface area contributed by atoms with Gasteiger partial charge in [-0.3, -0.25) is 14.7 Å². The highest BCUT2D eigenvalue weighted by Crippen LogP contribution is 2.29. The Morgan fingerprint density at radius 1 is 1.07 bits per heavy atom. The van der Waals surface area contributed by atoms with Crippen molar-refractivity contribution >= 4 is 12.0 Å². The summed E-state index contributed by atoms with van der Waals surface area (Å²) in [6, 6.07) is 8.68. The predicted molar refractivity (Wildman–Crippen MR) is 96.6 cm³/mol. The van der Waals surface area contributed by atoms with Gasteiger partial charge in [0, 0.05) is 51.2 Å². The molecular formula is C20H20F3N3O. The Morgan fingerprint density at radius 3 is 2.37 bits per heavy atom. The van der Waals surface area contributed by atoms with Crippen molar-refractivity contribution in [3.05, 3.63) is 71.6 Å². The number of nitrogens with zero attached hydrogens (tertiary/aromatic N) is 3. The SMILES string of the molecule is O=C(/C=C/c1ccc(C(F)(F)F)cc1)N1CCN(Cc2cccnc2)CC1. The van der Waals surface area contributed by atoms with Gasteiger partial charge >= 0.3 is 6.18 Å². The highest BCUT2D eigenvalue weighted by molar-refractivity contribution is 5.91. The van der Waals surface area contributed by atoms with E-state index in [9.17, 15) is 18.0 Å². The number of aromatic nitrogens is 1. The highest BCUT2D eigenvalue weighted by atomic mass is 19.4. The molecule has 3 rings (SSSR count). The van der Waals surface area contributed by atoms with E-state index in [1.165, 1.54) is 18.2 Å². The molecule has 0 spiro atoms. The molecule has 1 fully saturated rings. The Kier molecular flexibility index (Phi) is 5.91. The standard InChI is InChI=1S/C20H20F3N3O/c21-20(22,23)18-6-3-16(4-7-18)5-8-19(27)26-12-10-25(11-13-26)15-17-2-1-9-24-14-17/h1-9,14H,10-13,15H2/b8-5+. The number of carbonyl (C=O) groups excluding carboxylic acids is 1. The van der Waals surface area contributed by atoms with Crippen LogP contribution < -0.4 is 0 Å². The van der Waals surface area contributed by atoms with Crippen molar-refractivity contribution in [2.45, 2.75) is 12.7 Å². The van der Waals surface area contributed by atoms with E-state index in [0.717, 1.165) is 37.3 Å². The molecule has 2 aromatic rings. The average Bonchev–Trinajstić information content (AvgIpc) is 2.67. The molecule has 4 nitrogen and oxygen atoms in total. The third-order valence-electron chi connectivity index (χ3n) is 4.47. The van der Waals surface area contributed by atoms with Gasteiger partial charge in [0.05, 0.1) is 5.56 Å².